The number of unbranched alkanes of at least 4 members (excludes halogenated alkanes) is 3. The first-order valence-electron chi connectivity index (χ1n) is 5.26. The molecule has 0 unspecified atom stereocenters. The van der Waals surface area contributed by atoms with Gasteiger partial charge in [-0.2, -0.15) is 0 Å². The Labute approximate surface area is 106 Å². The van der Waals surface area contributed by atoms with Gasteiger partial charge < -0.3 is 0 Å². The highest BCUT2D eigenvalue weighted by Crippen LogP contribution is 2.15. The van der Waals surface area contributed by atoms with E-state index in [0.717, 1.165) is 25.7 Å². The summed E-state index contributed by atoms with van der Waals surface area (Å²) in [6.07, 6.45) is 3.94. The van der Waals surface area contributed by atoms with E-state index < -0.39 is 10.0 Å². The molecule has 16 heavy (non-hydrogen) atoms. The topological polar surface area (TPSA) is 46.2 Å². The number of thiophene rings is 1. The highest BCUT2D eigenvalue weighted by atomic mass is 35.5. The SMILES string of the molecule is O=S(=O)(NCCCCCCCl)c1cccs1. The molecule has 1 heterocycles. The average Bonchev–Trinajstić information content (AvgIpc) is 2.77. The molecule has 6 heteroatoms. The van der Waals surface area contributed by atoms with E-state index in [4.69, 9.17) is 11.6 Å². The highest BCUT2D eigenvalue weighted by Gasteiger charge is 2.13. The van der Waals surface area contributed by atoms with Gasteiger partial charge in [0.1, 0.15) is 4.21 Å². The summed E-state index contributed by atoms with van der Waals surface area (Å²) in [6.45, 7) is 0.502. The lowest BCUT2D eigenvalue weighted by Gasteiger charge is -2.04. The molecule has 3 nitrogen and oxygen atoms in total. The first-order valence-corrected chi connectivity index (χ1v) is 8.15. The fourth-order valence-corrected chi connectivity index (χ4v) is 3.57. The Balaban J connectivity index is 2.22. The molecule has 0 amide bonds. The standard InChI is InChI=1S/C10H16ClNO2S2/c11-7-3-1-2-4-8-12-16(13,14)10-6-5-9-15-10/h5-6,9,12H,1-4,7-8H2. The summed E-state index contributed by atoms with van der Waals surface area (Å²) in [6, 6.07) is 3.35. The highest BCUT2D eigenvalue weighted by molar-refractivity contribution is 7.91. The third-order valence-corrected chi connectivity index (χ3v) is 5.24. The summed E-state index contributed by atoms with van der Waals surface area (Å²) in [5.41, 5.74) is 0. The Bertz CT molecular complexity index is 376. The molecule has 0 aliphatic rings. The second-order valence-corrected chi connectivity index (χ2v) is 6.75. The molecule has 0 saturated heterocycles. The summed E-state index contributed by atoms with van der Waals surface area (Å²) in [5, 5.41) is 1.76. The van der Waals surface area contributed by atoms with Crippen molar-refractivity contribution >= 4 is 33.0 Å². The van der Waals surface area contributed by atoms with Crippen LogP contribution in [0.3, 0.4) is 0 Å². The van der Waals surface area contributed by atoms with Crippen molar-refractivity contribution in [2.45, 2.75) is 29.9 Å². The van der Waals surface area contributed by atoms with Crippen LogP contribution in [-0.4, -0.2) is 20.8 Å². The summed E-state index contributed by atoms with van der Waals surface area (Å²) in [4.78, 5) is 0. The molecular formula is C10H16ClNO2S2. The Hall–Kier alpha value is -0.100. The van der Waals surface area contributed by atoms with E-state index in [9.17, 15) is 8.42 Å². The monoisotopic (exact) mass is 281 g/mol. The number of hydrogen-bond acceptors (Lipinski definition) is 3. The van der Waals surface area contributed by atoms with E-state index in [0.29, 0.717) is 16.6 Å². The van der Waals surface area contributed by atoms with Crippen LogP contribution in [0.5, 0.6) is 0 Å². The second kappa shape index (κ2) is 7.27. The van der Waals surface area contributed by atoms with Crippen molar-refractivity contribution in [2.75, 3.05) is 12.4 Å². The number of alkyl halides is 1. The lowest BCUT2D eigenvalue weighted by molar-refractivity contribution is 0.576. The largest absolute Gasteiger partial charge is 0.250 e. The van der Waals surface area contributed by atoms with E-state index in [2.05, 4.69) is 4.72 Å². The molecule has 1 rings (SSSR count). The van der Waals surface area contributed by atoms with Crippen LogP contribution in [0.1, 0.15) is 25.7 Å². The zero-order valence-corrected chi connectivity index (χ0v) is 11.4. The summed E-state index contributed by atoms with van der Waals surface area (Å²) < 4.78 is 26.3. The molecule has 0 saturated carbocycles. The molecule has 0 radical (unpaired) electrons. The normalized spacial score (nSPS) is 11.8. The van der Waals surface area contributed by atoms with Gasteiger partial charge >= 0.3 is 0 Å². The maximum atomic E-state index is 11.7. The molecule has 92 valence electrons. The van der Waals surface area contributed by atoms with E-state index in [1.165, 1.54) is 11.3 Å². The summed E-state index contributed by atoms with van der Waals surface area (Å²) in [7, 11) is -3.27. The summed E-state index contributed by atoms with van der Waals surface area (Å²) in [5.74, 6) is 0.681. The predicted molar refractivity (Wildman–Crippen MR) is 68.7 cm³/mol. The van der Waals surface area contributed by atoms with Crippen molar-refractivity contribution in [3.8, 4) is 0 Å². The van der Waals surface area contributed by atoms with E-state index in [-0.39, 0.29) is 0 Å². The fourth-order valence-electron chi connectivity index (χ4n) is 1.27. The van der Waals surface area contributed by atoms with E-state index in [1.807, 2.05) is 0 Å². The molecule has 0 aliphatic heterocycles. The smallest absolute Gasteiger partial charge is 0.210 e. The van der Waals surface area contributed by atoms with Gasteiger partial charge in [-0.15, -0.1) is 22.9 Å². The van der Waals surface area contributed by atoms with Crippen molar-refractivity contribution in [1.29, 1.82) is 0 Å². The van der Waals surface area contributed by atoms with Gasteiger partial charge in [-0.3, -0.25) is 0 Å². The van der Waals surface area contributed by atoms with Crippen molar-refractivity contribution in [3.05, 3.63) is 17.5 Å². The van der Waals surface area contributed by atoms with Gasteiger partial charge in [-0.05, 0) is 24.3 Å². The predicted octanol–water partition coefficient (Wildman–Crippen LogP) is 2.83. The lowest BCUT2D eigenvalue weighted by atomic mass is 10.2. The van der Waals surface area contributed by atoms with Gasteiger partial charge in [0, 0.05) is 12.4 Å². The fraction of sp³-hybridized carbons (Fsp3) is 0.600. The number of hydrogen-bond donors (Lipinski definition) is 1. The van der Waals surface area contributed by atoms with Crippen molar-refractivity contribution < 1.29 is 8.42 Å². The lowest BCUT2D eigenvalue weighted by Crippen LogP contribution is -2.23. The van der Waals surface area contributed by atoms with Crippen LogP contribution < -0.4 is 4.72 Å². The van der Waals surface area contributed by atoms with Crippen LogP contribution in [0, 0.1) is 0 Å². The maximum Gasteiger partial charge on any atom is 0.250 e. The number of sulfonamides is 1. The summed E-state index contributed by atoms with van der Waals surface area (Å²) >= 11 is 6.78. The van der Waals surface area contributed by atoms with Crippen LogP contribution in [0.2, 0.25) is 0 Å². The van der Waals surface area contributed by atoms with E-state index >= 15 is 0 Å². The Morgan fingerprint density at radius 3 is 2.62 bits per heavy atom. The minimum atomic E-state index is -3.27. The van der Waals surface area contributed by atoms with Crippen LogP contribution in [0.25, 0.3) is 0 Å². The van der Waals surface area contributed by atoms with Crippen LogP contribution in [0.15, 0.2) is 21.7 Å². The molecule has 0 spiro atoms. The molecule has 0 fully saturated rings. The molecule has 1 N–H and O–H groups in total. The second-order valence-electron chi connectivity index (χ2n) is 3.43. The third kappa shape index (κ3) is 4.82. The van der Waals surface area contributed by atoms with Gasteiger partial charge in [-0.1, -0.05) is 18.9 Å². The first kappa shape index (κ1) is 14.0. The Morgan fingerprint density at radius 1 is 1.25 bits per heavy atom. The van der Waals surface area contributed by atoms with Crippen molar-refractivity contribution in [2.24, 2.45) is 0 Å². The Kier molecular flexibility index (Phi) is 6.34. The number of halogens is 1. The van der Waals surface area contributed by atoms with Crippen LogP contribution >= 0.6 is 22.9 Å². The van der Waals surface area contributed by atoms with E-state index in [1.54, 1.807) is 17.5 Å². The Morgan fingerprint density at radius 2 is 2.00 bits per heavy atom. The number of rotatable bonds is 8. The van der Waals surface area contributed by atoms with Crippen molar-refractivity contribution in [3.63, 3.8) is 0 Å². The van der Waals surface area contributed by atoms with Crippen LogP contribution in [0.4, 0.5) is 0 Å². The molecule has 0 atom stereocenters. The first-order chi connectivity index (χ1) is 7.67. The third-order valence-electron chi connectivity index (χ3n) is 2.11. The van der Waals surface area contributed by atoms with Gasteiger partial charge in [0.15, 0.2) is 0 Å². The molecule has 0 aromatic carbocycles. The van der Waals surface area contributed by atoms with Gasteiger partial charge in [-0.25, -0.2) is 13.1 Å². The minimum Gasteiger partial charge on any atom is -0.210 e. The molecule has 0 bridgehead atoms. The maximum absolute atomic E-state index is 11.7. The zero-order valence-electron chi connectivity index (χ0n) is 8.99. The van der Waals surface area contributed by atoms with Crippen LogP contribution in [-0.2, 0) is 10.0 Å². The molecule has 0 aliphatic carbocycles. The van der Waals surface area contributed by atoms with Gasteiger partial charge in [0.05, 0.1) is 0 Å². The number of nitrogens with one attached hydrogen (secondary N) is 1. The zero-order chi connectivity index (χ0) is 11.9. The van der Waals surface area contributed by atoms with Gasteiger partial charge in [0.25, 0.3) is 0 Å². The molecular weight excluding hydrogens is 266 g/mol. The molecule has 1 aromatic rings. The average molecular weight is 282 g/mol. The quantitative estimate of drug-likeness (QED) is 0.588. The molecule has 1 aromatic heterocycles. The van der Waals surface area contributed by atoms with Gasteiger partial charge in [0.2, 0.25) is 10.0 Å². The minimum absolute atomic E-state index is 0.383. The van der Waals surface area contributed by atoms with Crippen molar-refractivity contribution in [1.82, 2.24) is 4.72 Å².